The van der Waals surface area contributed by atoms with Crippen LogP contribution in [0.15, 0.2) is 30.5 Å². The fourth-order valence-corrected chi connectivity index (χ4v) is 4.55. The van der Waals surface area contributed by atoms with Crippen molar-refractivity contribution in [1.82, 2.24) is 14.9 Å². The SMILES string of the molecule is CCN(CC)CCCNc1ccnc2c(C)c3[nH]c4ccc(OC)cc4c3c(C)c12. The van der Waals surface area contributed by atoms with Crippen molar-refractivity contribution in [2.45, 2.75) is 34.1 Å². The van der Waals surface area contributed by atoms with Gasteiger partial charge in [-0.25, -0.2) is 0 Å². The fourth-order valence-electron chi connectivity index (χ4n) is 4.55. The molecule has 0 aliphatic heterocycles. The third-order valence-corrected chi connectivity index (χ3v) is 6.30. The lowest BCUT2D eigenvalue weighted by molar-refractivity contribution is 0.303. The number of aromatic nitrogens is 2. The Hall–Kier alpha value is -2.79. The predicted molar refractivity (Wildman–Crippen MR) is 128 cm³/mol. The maximum absolute atomic E-state index is 5.48. The van der Waals surface area contributed by atoms with Gasteiger partial charge in [0, 0.05) is 40.1 Å². The van der Waals surface area contributed by atoms with Crippen molar-refractivity contribution in [3.63, 3.8) is 0 Å². The van der Waals surface area contributed by atoms with E-state index in [9.17, 15) is 0 Å². The van der Waals surface area contributed by atoms with Crippen LogP contribution in [0.25, 0.3) is 32.7 Å². The first kappa shape index (κ1) is 20.5. The average molecular weight is 405 g/mol. The first-order chi connectivity index (χ1) is 14.6. The largest absolute Gasteiger partial charge is 0.497 e. The second-order valence-corrected chi connectivity index (χ2v) is 7.93. The number of ether oxygens (including phenoxy) is 1. The van der Waals surface area contributed by atoms with Crippen LogP contribution in [0.5, 0.6) is 5.75 Å². The molecule has 5 nitrogen and oxygen atoms in total. The second kappa shape index (κ2) is 8.52. The predicted octanol–water partition coefficient (Wildman–Crippen LogP) is 5.64. The number of nitrogens with one attached hydrogen (secondary N) is 2. The standard InChI is InChI=1S/C25H32N4O/c1-6-29(7-2)14-8-12-26-21-11-13-27-24-17(4)25-22(16(3)23(21)24)19-15-18(30-5)9-10-20(19)28-25/h9-11,13,15,28H,6-8,12,14H2,1-5H3,(H,26,27). The molecule has 0 saturated heterocycles. The van der Waals surface area contributed by atoms with Gasteiger partial charge in [-0.1, -0.05) is 13.8 Å². The van der Waals surface area contributed by atoms with Crippen LogP contribution in [0.3, 0.4) is 0 Å². The minimum absolute atomic E-state index is 0.876. The Balaban J connectivity index is 1.79. The highest BCUT2D eigenvalue weighted by molar-refractivity contribution is 6.17. The number of H-pyrrole nitrogens is 1. The number of nitrogens with zero attached hydrogens (tertiary/aromatic N) is 2. The van der Waals surface area contributed by atoms with Crippen molar-refractivity contribution in [2.24, 2.45) is 0 Å². The van der Waals surface area contributed by atoms with E-state index < -0.39 is 0 Å². The lowest BCUT2D eigenvalue weighted by atomic mass is 9.97. The second-order valence-electron chi connectivity index (χ2n) is 7.93. The topological polar surface area (TPSA) is 53.2 Å². The van der Waals surface area contributed by atoms with Gasteiger partial charge in [-0.05, 0) is 75.3 Å². The number of aromatic amines is 1. The van der Waals surface area contributed by atoms with Crippen LogP contribution in [-0.4, -0.2) is 48.2 Å². The summed E-state index contributed by atoms with van der Waals surface area (Å²) in [5.41, 5.74) is 6.96. The summed E-state index contributed by atoms with van der Waals surface area (Å²) in [7, 11) is 1.72. The molecule has 4 rings (SSSR count). The summed E-state index contributed by atoms with van der Waals surface area (Å²) in [5.74, 6) is 0.876. The van der Waals surface area contributed by atoms with Gasteiger partial charge in [0.15, 0.2) is 0 Å². The molecule has 2 N–H and O–H groups in total. The van der Waals surface area contributed by atoms with Crippen molar-refractivity contribution in [3.05, 3.63) is 41.6 Å². The van der Waals surface area contributed by atoms with Gasteiger partial charge in [-0.2, -0.15) is 0 Å². The highest BCUT2D eigenvalue weighted by Crippen LogP contribution is 2.39. The van der Waals surface area contributed by atoms with Gasteiger partial charge in [0.25, 0.3) is 0 Å². The van der Waals surface area contributed by atoms with Crippen molar-refractivity contribution in [3.8, 4) is 5.75 Å². The van der Waals surface area contributed by atoms with E-state index in [2.05, 4.69) is 61.1 Å². The van der Waals surface area contributed by atoms with Crippen LogP contribution in [0.1, 0.15) is 31.4 Å². The minimum atomic E-state index is 0.876. The van der Waals surface area contributed by atoms with Crippen LogP contribution in [0.2, 0.25) is 0 Å². The Morgan fingerprint density at radius 3 is 2.60 bits per heavy atom. The van der Waals surface area contributed by atoms with E-state index >= 15 is 0 Å². The van der Waals surface area contributed by atoms with Crippen molar-refractivity contribution in [1.29, 1.82) is 0 Å². The summed E-state index contributed by atoms with van der Waals surface area (Å²) >= 11 is 0. The van der Waals surface area contributed by atoms with E-state index in [0.29, 0.717) is 0 Å². The first-order valence-corrected chi connectivity index (χ1v) is 10.9. The Morgan fingerprint density at radius 2 is 1.87 bits per heavy atom. The summed E-state index contributed by atoms with van der Waals surface area (Å²) in [5, 5.41) is 7.36. The van der Waals surface area contributed by atoms with E-state index in [0.717, 1.165) is 54.9 Å². The molecule has 0 radical (unpaired) electrons. The van der Waals surface area contributed by atoms with Gasteiger partial charge in [-0.15, -0.1) is 0 Å². The third kappa shape index (κ3) is 3.47. The highest BCUT2D eigenvalue weighted by atomic mass is 16.5. The summed E-state index contributed by atoms with van der Waals surface area (Å²) < 4.78 is 5.48. The molecule has 0 aliphatic carbocycles. The number of aryl methyl sites for hydroxylation is 2. The molecule has 2 aromatic heterocycles. The molecule has 0 atom stereocenters. The van der Waals surface area contributed by atoms with Gasteiger partial charge < -0.3 is 19.9 Å². The molecule has 2 aromatic carbocycles. The minimum Gasteiger partial charge on any atom is -0.497 e. The number of anilines is 1. The average Bonchev–Trinajstić information content (AvgIpc) is 3.16. The number of hydrogen-bond donors (Lipinski definition) is 2. The molecule has 2 heterocycles. The third-order valence-electron chi connectivity index (χ3n) is 6.30. The molecule has 0 bridgehead atoms. The van der Waals surface area contributed by atoms with Gasteiger partial charge >= 0.3 is 0 Å². The van der Waals surface area contributed by atoms with E-state index in [1.54, 1.807) is 7.11 Å². The van der Waals surface area contributed by atoms with E-state index in [1.165, 1.54) is 33.0 Å². The molecular formula is C25H32N4O. The normalized spacial score (nSPS) is 11.8. The molecule has 0 amide bonds. The van der Waals surface area contributed by atoms with Gasteiger partial charge in [-0.3, -0.25) is 4.98 Å². The van der Waals surface area contributed by atoms with Crippen LogP contribution in [0.4, 0.5) is 5.69 Å². The zero-order valence-corrected chi connectivity index (χ0v) is 18.7. The van der Waals surface area contributed by atoms with Crippen molar-refractivity contribution < 1.29 is 4.74 Å². The van der Waals surface area contributed by atoms with Gasteiger partial charge in [0.2, 0.25) is 0 Å². The quantitative estimate of drug-likeness (QED) is 0.373. The zero-order chi connectivity index (χ0) is 21.3. The van der Waals surface area contributed by atoms with Crippen molar-refractivity contribution >= 4 is 38.4 Å². The smallest absolute Gasteiger partial charge is 0.119 e. The number of rotatable bonds is 8. The summed E-state index contributed by atoms with van der Waals surface area (Å²) in [6, 6.07) is 8.33. The number of hydrogen-bond acceptors (Lipinski definition) is 4. The summed E-state index contributed by atoms with van der Waals surface area (Å²) in [6.45, 7) is 13.1. The molecule has 158 valence electrons. The van der Waals surface area contributed by atoms with Crippen LogP contribution in [0, 0.1) is 13.8 Å². The summed E-state index contributed by atoms with van der Waals surface area (Å²) in [6.07, 6.45) is 3.04. The van der Waals surface area contributed by atoms with Crippen LogP contribution < -0.4 is 10.1 Å². The van der Waals surface area contributed by atoms with Crippen molar-refractivity contribution in [2.75, 3.05) is 38.6 Å². The molecule has 5 heteroatoms. The van der Waals surface area contributed by atoms with E-state index in [1.807, 2.05) is 12.3 Å². The molecule has 0 aliphatic rings. The fraction of sp³-hybridized carbons (Fsp3) is 0.400. The molecule has 4 aromatic rings. The lowest BCUT2D eigenvalue weighted by Crippen LogP contribution is -2.25. The van der Waals surface area contributed by atoms with Gasteiger partial charge in [0.05, 0.1) is 18.1 Å². The van der Waals surface area contributed by atoms with Crippen LogP contribution >= 0.6 is 0 Å². The van der Waals surface area contributed by atoms with Crippen LogP contribution in [-0.2, 0) is 0 Å². The monoisotopic (exact) mass is 404 g/mol. The molecule has 0 saturated carbocycles. The maximum Gasteiger partial charge on any atom is 0.119 e. The maximum atomic E-state index is 5.48. The van der Waals surface area contributed by atoms with E-state index in [4.69, 9.17) is 9.72 Å². The molecule has 0 spiro atoms. The zero-order valence-electron chi connectivity index (χ0n) is 18.7. The lowest BCUT2D eigenvalue weighted by Gasteiger charge is -2.19. The molecule has 30 heavy (non-hydrogen) atoms. The number of pyridine rings is 1. The molecule has 0 fully saturated rings. The first-order valence-electron chi connectivity index (χ1n) is 10.9. The Kier molecular flexibility index (Phi) is 5.82. The summed E-state index contributed by atoms with van der Waals surface area (Å²) in [4.78, 5) is 10.8. The Labute approximate surface area is 178 Å². The Bertz CT molecular complexity index is 1190. The van der Waals surface area contributed by atoms with Gasteiger partial charge in [0.1, 0.15) is 5.75 Å². The Morgan fingerprint density at radius 1 is 1.07 bits per heavy atom. The number of fused-ring (bicyclic) bond motifs is 4. The highest BCUT2D eigenvalue weighted by Gasteiger charge is 2.17. The molecule has 0 unspecified atom stereocenters. The number of methoxy groups -OCH3 is 1. The molecular weight excluding hydrogens is 372 g/mol. The van der Waals surface area contributed by atoms with E-state index in [-0.39, 0.29) is 0 Å². The number of benzene rings is 2.